The Labute approximate surface area is 195 Å². The molecule has 0 aromatic heterocycles. The van der Waals surface area contributed by atoms with Gasteiger partial charge in [0.1, 0.15) is 18.5 Å². The van der Waals surface area contributed by atoms with E-state index < -0.39 is 0 Å². The maximum absolute atomic E-state index is 13.3. The number of hydrogen-bond donors (Lipinski definition) is 1. The zero-order valence-corrected chi connectivity index (χ0v) is 19.8. The van der Waals surface area contributed by atoms with Crippen LogP contribution in [-0.2, 0) is 14.3 Å². The summed E-state index contributed by atoms with van der Waals surface area (Å²) in [7, 11) is 5.27. The normalized spacial score (nSPS) is 25.7. The Balaban J connectivity index is 1.47. The molecule has 4 rings (SSSR count). The molecule has 1 N–H and O–H groups in total. The second kappa shape index (κ2) is 10.1. The van der Waals surface area contributed by atoms with Gasteiger partial charge < -0.3 is 24.6 Å². The van der Waals surface area contributed by atoms with Crippen molar-refractivity contribution < 1.29 is 23.9 Å². The molecule has 8 nitrogen and oxygen atoms in total. The molecule has 2 heterocycles. The lowest BCUT2D eigenvalue weighted by Gasteiger charge is -2.42. The van der Waals surface area contributed by atoms with E-state index in [0.29, 0.717) is 36.4 Å². The van der Waals surface area contributed by atoms with E-state index in [4.69, 9.17) is 9.47 Å². The van der Waals surface area contributed by atoms with E-state index in [1.165, 1.54) is 6.42 Å². The summed E-state index contributed by atoms with van der Waals surface area (Å²) in [6.07, 6.45) is 6.53. The molecule has 1 aromatic carbocycles. The van der Waals surface area contributed by atoms with Gasteiger partial charge in [0.05, 0.1) is 24.1 Å². The van der Waals surface area contributed by atoms with Gasteiger partial charge in [-0.3, -0.25) is 14.4 Å². The molecule has 3 aliphatic rings. The predicted octanol–water partition coefficient (Wildman–Crippen LogP) is 3.06. The number of likely N-dealkylation sites (N-methyl/N-ethyl adjacent to an activating group) is 1. The summed E-state index contributed by atoms with van der Waals surface area (Å²) in [6.45, 7) is 0.301. The Bertz CT molecular complexity index is 896. The highest BCUT2D eigenvalue weighted by Crippen LogP contribution is 2.33. The molecule has 2 fully saturated rings. The number of fused-ring (bicyclic) bond motifs is 2. The second-order valence-corrected chi connectivity index (χ2v) is 9.70. The third-order valence-corrected chi connectivity index (χ3v) is 7.16. The topological polar surface area (TPSA) is 88.2 Å². The molecule has 1 saturated heterocycles. The van der Waals surface area contributed by atoms with Crippen molar-refractivity contribution in [3.05, 3.63) is 23.8 Å². The van der Waals surface area contributed by atoms with E-state index in [0.717, 1.165) is 32.1 Å². The highest BCUT2D eigenvalue weighted by molar-refractivity contribution is 6.00. The summed E-state index contributed by atoms with van der Waals surface area (Å²) >= 11 is 0. The van der Waals surface area contributed by atoms with Gasteiger partial charge in [0.25, 0.3) is 5.91 Å². The van der Waals surface area contributed by atoms with Crippen LogP contribution in [0.25, 0.3) is 0 Å². The van der Waals surface area contributed by atoms with Gasteiger partial charge in [-0.1, -0.05) is 19.3 Å². The summed E-state index contributed by atoms with van der Waals surface area (Å²) in [5, 5.41) is 3.00. The third kappa shape index (κ3) is 5.32. The Kier molecular flexibility index (Phi) is 7.22. The number of ether oxygens (including phenoxy) is 2. The van der Waals surface area contributed by atoms with Crippen molar-refractivity contribution in [3.63, 3.8) is 0 Å². The lowest BCUT2D eigenvalue weighted by atomic mass is 9.88. The molecular weight excluding hydrogens is 422 g/mol. The van der Waals surface area contributed by atoms with Gasteiger partial charge >= 0.3 is 0 Å². The van der Waals surface area contributed by atoms with Gasteiger partial charge in [0, 0.05) is 32.7 Å². The van der Waals surface area contributed by atoms with Crippen molar-refractivity contribution in [2.75, 3.05) is 33.1 Å². The predicted molar refractivity (Wildman–Crippen MR) is 124 cm³/mol. The van der Waals surface area contributed by atoms with Crippen molar-refractivity contribution in [2.24, 2.45) is 5.92 Å². The molecule has 1 saturated carbocycles. The number of anilines is 1. The van der Waals surface area contributed by atoms with Gasteiger partial charge in [-0.25, -0.2) is 0 Å². The van der Waals surface area contributed by atoms with Gasteiger partial charge in [0.15, 0.2) is 0 Å². The van der Waals surface area contributed by atoms with E-state index in [9.17, 15) is 14.4 Å². The van der Waals surface area contributed by atoms with E-state index >= 15 is 0 Å². The van der Waals surface area contributed by atoms with Crippen molar-refractivity contribution in [3.8, 4) is 5.75 Å². The highest BCUT2D eigenvalue weighted by Gasteiger charge is 2.39. The zero-order chi connectivity index (χ0) is 23.5. The molecule has 3 amide bonds. The maximum atomic E-state index is 13.3. The summed E-state index contributed by atoms with van der Waals surface area (Å²) in [6, 6.07) is 5.12. The lowest BCUT2D eigenvalue weighted by Crippen LogP contribution is -2.53. The first-order valence-corrected chi connectivity index (χ1v) is 12.0. The maximum Gasteiger partial charge on any atom is 0.257 e. The van der Waals surface area contributed by atoms with Gasteiger partial charge in [-0.2, -0.15) is 0 Å². The Morgan fingerprint density at radius 3 is 2.61 bits per heavy atom. The molecule has 180 valence electrons. The molecule has 8 heteroatoms. The number of rotatable bonds is 4. The molecular formula is C25H35N3O5. The average Bonchev–Trinajstić information content (AvgIpc) is 2.82. The van der Waals surface area contributed by atoms with Gasteiger partial charge in [0.2, 0.25) is 11.8 Å². The first-order chi connectivity index (χ1) is 15.8. The molecule has 0 unspecified atom stereocenters. The van der Waals surface area contributed by atoms with Crippen LogP contribution >= 0.6 is 0 Å². The summed E-state index contributed by atoms with van der Waals surface area (Å²) < 4.78 is 12.2. The Morgan fingerprint density at radius 2 is 1.88 bits per heavy atom. The molecule has 0 bridgehead atoms. The van der Waals surface area contributed by atoms with E-state index in [2.05, 4.69) is 5.32 Å². The Hall–Kier alpha value is -2.61. The number of carbonyl (C=O) groups excluding carboxylic acids is 3. The number of nitrogens with zero attached hydrogens (tertiary/aromatic N) is 2. The van der Waals surface area contributed by atoms with Crippen molar-refractivity contribution in [1.82, 2.24) is 9.80 Å². The fourth-order valence-electron chi connectivity index (χ4n) is 5.09. The van der Waals surface area contributed by atoms with Gasteiger partial charge in [-0.05, 0) is 43.9 Å². The number of carbonyl (C=O) groups is 3. The van der Waals surface area contributed by atoms with Crippen molar-refractivity contribution in [1.29, 1.82) is 0 Å². The lowest BCUT2D eigenvalue weighted by molar-refractivity contribution is -0.140. The van der Waals surface area contributed by atoms with E-state index in [1.54, 1.807) is 49.1 Å². The number of hydrogen-bond acceptors (Lipinski definition) is 5. The van der Waals surface area contributed by atoms with Crippen LogP contribution in [0.4, 0.5) is 5.69 Å². The van der Waals surface area contributed by atoms with Crippen LogP contribution in [-0.4, -0.2) is 73.5 Å². The van der Waals surface area contributed by atoms with E-state index in [-0.39, 0.29) is 41.9 Å². The van der Waals surface area contributed by atoms with Crippen LogP contribution in [0.1, 0.15) is 61.7 Å². The minimum absolute atomic E-state index is 0.0290. The SMILES string of the molecule is CN(C)C(=O)C[C@H]1CC[C@H]2[C@H](COc3ccc(NC(=O)C4CCCCC4)cc3C(=O)N2C)O1. The van der Waals surface area contributed by atoms with Crippen molar-refractivity contribution in [2.45, 2.75) is 69.6 Å². The quantitative estimate of drug-likeness (QED) is 0.751. The molecule has 0 spiro atoms. The third-order valence-electron chi connectivity index (χ3n) is 7.16. The molecule has 1 aliphatic carbocycles. The van der Waals surface area contributed by atoms with Gasteiger partial charge in [-0.15, -0.1) is 0 Å². The standard InChI is InChI=1S/C25H35N3O5/c1-27(2)23(29)14-18-10-11-20-22(33-18)15-32-21-12-9-17(13-19(21)25(31)28(20)3)26-24(30)16-7-5-4-6-8-16/h9,12-13,16,18,20,22H,4-8,10-11,14-15H2,1-3H3,(H,26,30)/t18-,20+,22+/m1/s1. The summed E-state index contributed by atoms with van der Waals surface area (Å²) in [5.74, 6) is 0.433. The highest BCUT2D eigenvalue weighted by atomic mass is 16.5. The molecule has 33 heavy (non-hydrogen) atoms. The summed E-state index contributed by atoms with van der Waals surface area (Å²) in [5.41, 5.74) is 1.07. The zero-order valence-electron chi connectivity index (χ0n) is 19.8. The van der Waals surface area contributed by atoms with Crippen LogP contribution in [0, 0.1) is 5.92 Å². The second-order valence-electron chi connectivity index (χ2n) is 9.70. The number of amides is 3. The first-order valence-electron chi connectivity index (χ1n) is 12.0. The number of nitrogens with one attached hydrogen (secondary N) is 1. The fraction of sp³-hybridized carbons (Fsp3) is 0.640. The fourth-order valence-corrected chi connectivity index (χ4v) is 5.09. The smallest absolute Gasteiger partial charge is 0.257 e. The molecule has 1 aromatic rings. The minimum atomic E-state index is -0.300. The van der Waals surface area contributed by atoms with E-state index in [1.807, 2.05) is 0 Å². The van der Waals surface area contributed by atoms with Crippen LogP contribution < -0.4 is 10.1 Å². The minimum Gasteiger partial charge on any atom is -0.490 e. The van der Waals surface area contributed by atoms with Crippen molar-refractivity contribution >= 4 is 23.4 Å². The molecule has 3 atom stereocenters. The molecule has 0 radical (unpaired) electrons. The first kappa shape index (κ1) is 23.5. The number of benzene rings is 1. The molecule has 2 aliphatic heterocycles. The van der Waals surface area contributed by atoms with Crippen LogP contribution in [0.15, 0.2) is 18.2 Å². The largest absolute Gasteiger partial charge is 0.490 e. The van der Waals surface area contributed by atoms with Crippen LogP contribution in [0.5, 0.6) is 5.75 Å². The van der Waals surface area contributed by atoms with Crippen LogP contribution in [0.2, 0.25) is 0 Å². The Morgan fingerprint density at radius 1 is 1.12 bits per heavy atom. The van der Waals surface area contributed by atoms with Crippen LogP contribution in [0.3, 0.4) is 0 Å². The monoisotopic (exact) mass is 457 g/mol. The average molecular weight is 458 g/mol. The summed E-state index contributed by atoms with van der Waals surface area (Å²) in [4.78, 5) is 41.4.